The molecule has 6 heteroatoms. The van der Waals surface area contributed by atoms with Crippen molar-refractivity contribution in [2.45, 2.75) is 13.8 Å². The molecule has 0 saturated carbocycles. The smallest absolute Gasteiger partial charge is 0.338 e. The molecular formula is C20H21NO5. The molecule has 0 spiro atoms. The number of anilines is 1. The van der Waals surface area contributed by atoms with Crippen molar-refractivity contribution in [1.82, 2.24) is 0 Å². The van der Waals surface area contributed by atoms with E-state index in [9.17, 15) is 9.59 Å². The van der Waals surface area contributed by atoms with Gasteiger partial charge in [-0.25, -0.2) is 4.79 Å². The van der Waals surface area contributed by atoms with E-state index in [-0.39, 0.29) is 19.2 Å². The molecule has 6 nitrogen and oxygen atoms in total. The minimum absolute atomic E-state index is 0.144. The monoisotopic (exact) mass is 355 g/mol. The van der Waals surface area contributed by atoms with E-state index in [1.165, 1.54) is 0 Å². The molecule has 1 heterocycles. The fourth-order valence-corrected chi connectivity index (χ4v) is 2.76. The number of rotatable bonds is 7. The van der Waals surface area contributed by atoms with Crippen LogP contribution in [0.15, 0.2) is 42.5 Å². The van der Waals surface area contributed by atoms with Crippen LogP contribution in [0.2, 0.25) is 0 Å². The highest BCUT2D eigenvalue weighted by Crippen LogP contribution is 2.32. The zero-order chi connectivity index (χ0) is 18.5. The zero-order valence-electron chi connectivity index (χ0n) is 14.9. The van der Waals surface area contributed by atoms with Gasteiger partial charge in [0.05, 0.1) is 5.56 Å². The summed E-state index contributed by atoms with van der Waals surface area (Å²) in [7, 11) is 0. The fourth-order valence-electron chi connectivity index (χ4n) is 2.76. The normalized spacial score (nSPS) is 11.9. The van der Waals surface area contributed by atoms with E-state index in [4.69, 9.17) is 14.2 Å². The fraction of sp³-hybridized carbons (Fsp3) is 0.300. The molecule has 0 fully saturated rings. The maximum atomic E-state index is 12.2. The van der Waals surface area contributed by atoms with E-state index in [1.54, 1.807) is 30.3 Å². The number of nitrogens with zero attached hydrogens (tertiary/aromatic N) is 1. The number of carbonyl (C=O) groups excluding carboxylic acids is 2. The Morgan fingerprint density at radius 1 is 0.962 bits per heavy atom. The molecule has 26 heavy (non-hydrogen) atoms. The molecule has 3 rings (SSSR count). The Morgan fingerprint density at radius 2 is 1.62 bits per heavy atom. The summed E-state index contributed by atoms with van der Waals surface area (Å²) in [5.74, 6) is 0.308. The molecule has 0 aliphatic carbocycles. The highest BCUT2D eigenvalue weighted by atomic mass is 16.7. The summed E-state index contributed by atoms with van der Waals surface area (Å²) >= 11 is 0. The number of ketones is 1. The highest BCUT2D eigenvalue weighted by molar-refractivity contribution is 5.99. The molecule has 136 valence electrons. The molecule has 0 saturated heterocycles. The molecule has 2 aromatic carbocycles. The van der Waals surface area contributed by atoms with Gasteiger partial charge in [0.25, 0.3) is 0 Å². The van der Waals surface area contributed by atoms with Gasteiger partial charge < -0.3 is 19.1 Å². The van der Waals surface area contributed by atoms with Gasteiger partial charge in [-0.2, -0.15) is 0 Å². The summed E-state index contributed by atoms with van der Waals surface area (Å²) in [6, 6.07) is 12.1. The van der Waals surface area contributed by atoms with Crippen molar-refractivity contribution in [3.05, 3.63) is 53.6 Å². The topological polar surface area (TPSA) is 65.1 Å². The number of Topliss-reactive ketones (excluding diaryl/α,β-unsaturated/α-hetero) is 1. The Balaban J connectivity index is 1.59. The van der Waals surface area contributed by atoms with E-state index >= 15 is 0 Å². The molecule has 0 aromatic heterocycles. The number of carbonyl (C=O) groups is 2. The third-order valence-electron chi connectivity index (χ3n) is 4.26. The summed E-state index contributed by atoms with van der Waals surface area (Å²) in [6.07, 6.45) is 0. The Labute approximate surface area is 152 Å². The number of esters is 1. The minimum atomic E-state index is -0.523. The quantitative estimate of drug-likeness (QED) is 0.561. The maximum absolute atomic E-state index is 12.2. The predicted molar refractivity (Wildman–Crippen MR) is 97.2 cm³/mol. The average Bonchev–Trinajstić information content (AvgIpc) is 3.15. The van der Waals surface area contributed by atoms with Crippen molar-refractivity contribution < 1.29 is 23.8 Å². The summed E-state index contributed by atoms with van der Waals surface area (Å²) in [4.78, 5) is 26.6. The van der Waals surface area contributed by atoms with Crippen LogP contribution in [0.5, 0.6) is 11.5 Å². The third kappa shape index (κ3) is 3.79. The number of fused-ring (bicyclic) bond motifs is 1. The Hall–Kier alpha value is -3.02. The van der Waals surface area contributed by atoms with Gasteiger partial charge in [-0.05, 0) is 56.3 Å². The molecule has 2 aromatic rings. The van der Waals surface area contributed by atoms with Crippen LogP contribution in [-0.2, 0) is 4.74 Å². The van der Waals surface area contributed by atoms with Crippen LogP contribution < -0.4 is 14.4 Å². The molecular weight excluding hydrogens is 334 g/mol. The molecule has 1 aliphatic rings. The van der Waals surface area contributed by atoms with E-state index < -0.39 is 5.97 Å². The lowest BCUT2D eigenvalue weighted by Crippen LogP contribution is -2.21. The van der Waals surface area contributed by atoms with E-state index in [0.29, 0.717) is 22.6 Å². The van der Waals surface area contributed by atoms with Crippen molar-refractivity contribution in [3.8, 4) is 11.5 Å². The van der Waals surface area contributed by atoms with Gasteiger partial charge in [0.2, 0.25) is 6.79 Å². The van der Waals surface area contributed by atoms with Crippen molar-refractivity contribution in [1.29, 1.82) is 0 Å². The van der Waals surface area contributed by atoms with Gasteiger partial charge in [-0.3, -0.25) is 4.79 Å². The van der Waals surface area contributed by atoms with Crippen LogP contribution in [0, 0.1) is 0 Å². The van der Waals surface area contributed by atoms with Crippen LogP contribution in [0.1, 0.15) is 34.6 Å². The van der Waals surface area contributed by atoms with Gasteiger partial charge in [0.15, 0.2) is 23.9 Å². The third-order valence-corrected chi connectivity index (χ3v) is 4.26. The van der Waals surface area contributed by atoms with Crippen LogP contribution in [0.25, 0.3) is 0 Å². The number of hydrogen-bond acceptors (Lipinski definition) is 6. The first-order chi connectivity index (χ1) is 12.6. The van der Waals surface area contributed by atoms with E-state index in [0.717, 1.165) is 18.8 Å². The second-order valence-electron chi connectivity index (χ2n) is 5.79. The summed E-state index contributed by atoms with van der Waals surface area (Å²) in [5, 5.41) is 0. The maximum Gasteiger partial charge on any atom is 0.338 e. The molecule has 0 bridgehead atoms. The Kier molecular flexibility index (Phi) is 5.41. The number of benzene rings is 2. The Morgan fingerprint density at radius 3 is 2.31 bits per heavy atom. The predicted octanol–water partition coefficient (Wildman–Crippen LogP) is 3.30. The van der Waals surface area contributed by atoms with Crippen LogP contribution in [0.3, 0.4) is 0 Å². The van der Waals surface area contributed by atoms with Gasteiger partial charge >= 0.3 is 5.97 Å². The molecule has 0 unspecified atom stereocenters. The molecule has 0 radical (unpaired) electrons. The second kappa shape index (κ2) is 7.91. The zero-order valence-corrected chi connectivity index (χ0v) is 14.9. The van der Waals surface area contributed by atoms with Crippen LogP contribution >= 0.6 is 0 Å². The summed E-state index contributed by atoms with van der Waals surface area (Å²) < 4.78 is 15.6. The first-order valence-corrected chi connectivity index (χ1v) is 8.57. The largest absolute Gasteiger partial charge is 0.454 e. The lowest BCUT2D eigenvalue weighted by molar-refractivity contribution is 0.0475. The number of ether oxygens (including phenoxy) is 3. The van der Waals surface area contributed by atoms with E-state index in [1.807, 2.05) is 12.1 Å². The van der Waals surface area contributed by atoms with Crippen molar-refractivity contribution >= 4 is 17.4 Å². The number of hydrogen-bond donors (Lipinski definition) is 0. The van der Waals surface area contributed by atoms with Crippen molar-refractivity contribution in [2.75, 3.05) is 31.4 Å². The van der Waals surface area contributed by atoms with E-state index in [2.05, 4.69) is 18.7 Å². The second-order valence-corrected chi connectivity index (χ2v) is 5.79. The van der Waals surface area contributed by atoms with Gasteiger partial charge in [-0.1, -0.05) is 0 Å². The standard InChI is InChI=1S/C20H21NO5/c1-3-21(4-2)16-8-5-14(6-9-16)20(23)24-12-17(22)15-7-10-18-19(11-15)26-13-25-18/h5-11H,3-4,12-13H2,1-2H3. The van der Waals surface area contributed by atoms with Gasteiger partial charge in [0.1, 0.15) is 0 Å². The Bertz CT molecular complexity index is 796. The lowest BCUT2D eigenvalue weighted by Gasteiger charge is -2.20. The molecule has 0 N–H and O–H groups in total. The van der Waals surface area contributed by atoms with Crippen LogP contribution in [0.4, 0.5) is 5.69 Å². The average molecular weight is 355 g/mol. The van der Waals surface area contributed by atoms with Gasteiger partial charge in [-0.15, -0.1) is 0 Å². The van der Waals surface area contributed by atoms with Crippen molar-refractivity contribution in [3.63, 3.8) is 0 Å². The van der Waals surface area contributed by atoms with Crippen molar-refractivity contribution in [2.24, 2.45) is 0 Å². The minimum Gasteiger partial charge on any atom is -0.454 e. The molecule has 0 amide bonds. The summed E-state index contributed by atoms with van der Waals surface area (Å²) in [6.45, 7) is 5.76. The first-order valence-electron chi connectivity index (χ1n) is 8.57. The van der Waals surface area contributed by atoms with Crippen LogP contribution in [-0.4, -0.2) is 38.2 Å². The highest BCUT2D eigenvalue weighted by Gasteiger charge is 2.17. The first kappa shape index (κ1) is 17.8. The van der Waals surface area contributed by atoms with Gasteiger partial charge in [0, 0.05) is 24.3 Å². The molecule has 1 aliphatic heterocycles. The lowest BCUT2D eigenvalue weighted by atomic mass is 10.1. The SMILES string of the molecule is CCN(CC)c1ccc(C(=O)OCC(=O)c2ccc3c(c2)OCO3)cc1. The molecule has 0 atom stereocenters. The summed E-state index contributed by atoms with van der Waals surface area (Å²) in [5.41, 5.74) is 1.88.